The van der Waals surface area contributed by atoms with Gasteiger partial charge in [-0.2, -0.15) is 5.10 Å². The summed E-state index contributed by atoms with van der Waals surface area (Å²) in [6.07, 6.45) is 2.64. The fourth-order valence-electron chi connectivity index (χ4n) is 4.56. The summed E-state index contributed by atoms with van der Waals surface area (Å²) in [6.45, 7) is 5.91. The molecule has 0 spiro atoms. The third-order valence-electron chi connectivity index (χ3n) is 6.09. The monoisotopic (exact) mass is 563 g/mol. The van der Waals surface area contributed by atoms with Gasteiger partial charge in [-0.3, -0.25) is 9.48 Å². The van der Waals surface area contributed by atoms with Gasteiger partial charge in [-0.25, -0.2) is 19.2 Å². The molecule has 3 heterocycles. The van der Waals surface area contributed by atoms with Crippen molar-refractivity contribution < 1.29 is 28.6 Å². The average molecular weight is 564 g/mol. The largest absolute Gasteiger partial charge is 0.444 e. The van der Waals surface area contributed by atoms with E-state index in [1.807, 2.05) is 4.90 Å². The number of alkyl carbamates (subject to hydrolysis) is 1. The van der Waals surface area contributed by atoms with E-state index in [2.05, 4.69) is 25.7 Å². The molecule has 0 bridgehead atoms. The first kappa shape index (κ1) is 28.5. The van der Waals surface area contributed by atoms with Gasteiger partial charge in [0.25, 0.3) is 5.91 Å². The smallest absolute Gasteiger partial charge is 0.407 e. The molecule has 0 unspecified atom stereocenters. The number of carbonyl (C=O) groups is 2. The van der Waals surface area contributed by atoms with Crippen LogP contribution < -0.4 is 15.5 Å². The summed E-state index contributed by atoms with van der Waals surface area (Å²) in [5.74, 6) is -1.24. The molecule has 0 saturated carbocycles. The molecule has 1 aromatic carbocycles. The number of carbonyl (C=O) groups excluding carboxylic acids is 2. The Morgan fingerprint density at radius 2 is 2.10 bits per heavy atom. The van der Waals surface area contributed by atoms with E-state index in [9.17, 15) is 14.7 Å². The minimum atomic E-state index is -0.681. The molecule has 0 radical (unpaired) electrons. The Morgan fingerprint density at radius 3 is 2.77 bits per heavy atom. The van der Waals surface area contributed by atoms with Crippen molar-refractivity contribution >= 4 is 45.9 Å². The maximum atomic E-state index is 15.5. The summed E-state index contributed by atoms with van der Waals surface area (Å²) in [4.78, 5) is 35.0. The van der Waals surface area contributed by atoms with Crippen LogP contribution in [0.3, 0.4) is 0 Å². The molecule has 12 nitrogen and oxygen atoms in total. The van der Waals surface area contributed by atoms with Gasteiger partial charge in [-0.1, -0.05) is 0 Å². The lowest BCUT2D eigenvalue weighted by Crippen LogP contribution is -2.40. The van der Waals surface area contributed by atoms with E-state index in [0.717, 1.165) is 0 Å². The number of fused-ring (bicyclic) bond motifs is 1. The molecular formula is C25H31ClFN7O5. The highest BCUT2D eigenvalue weighted by Crippen LogP contribution is 2.40. The molecule has 1 aliphatic rings. The van der Waals surface area contributed by atoms with Gasteiger partial charge in [0, 0.05) is 31.3 Å². The molecule has 2 aromatic heterocycles. The molecule has 1 aliphatic heterocycles. The number of hydrogen-bond donors (Lipinski definition) is 3. The summed E-state index contributed by atoms with van der Waals surface area (Å²) in [6, 6.07) is 1.74. The Morgan fingerprint density at radius 1 is 1.33 bits per heavy atom. The van der Waals surface area contributed by atoms with Gasteiger partial charge in [0.1, 0.15) is 16.8 Å². The lowest BCUT2D eigenvalue weighted by molar-refractivity contribution is 0.0507. The van der Waals surface area contributed by atoms with Gasteiger partial charge in [0.05, 0.1) is 49.4 Å². The van der Waals surface area contributed by atoms with Crippen molar-refractivity contribution in [2.75, 3.05) is 37.1 Å². The quantitative estimate of drug-likeness (QED) is 0.352. The molecule has 3 N–H and O–H groups in total. The lowest BCUT2D eigenvalue weighted by Gasteiger charge is -2.28. The number of aliphatic hydroxyl groups excluding tert-OH is 1. The minimum absolute atomic E-state index is 0.0122. The van der Waals surface area contributed by atoms with Gasteiger partial charge >= 0.3 is 6.09 Å². The summed E-state index contributed by atoms with van der Waals surface area (Å²) < 4.78 is 27.5. The second-order valence-electron chi connectivity index (χ2n) is 10.1. The zero-order valence-corrected chi connectivity index (χ0v) is 22.8. The fraction of sp³-hybridized carbons (Fsp3) is 0.480. The molecule has 39 heavy (non-hydrogen) atoms. The Kier molecular flexibility index (Phi) is 8.52. The molecule has 14 heteroatoms. The van der Waals surface area contributed by atoms with Gasteiger partial charge in [0.15, 0.2) is 5.82 Å². The third-order valence-corrected chi connectivity index (χ3v) is 6.28. The number of methoxy groups -OCH3 is 1. The molecule has 2 amide bonds. The van der Waals surface area contributed by atoms with Crippen LogP contribution in [-0.2, 0) is 16.0 Å². The number of hydrogen-bond acceptors (Lipinski definition) is 9. The molecule has 210 valence electrons. The predicted octanol–water partition coefficient (Wildman–Crippen LogP) is 2.98. The van der Waals surface area contributed by atoms with Gasteiger partial charge < -0.3 is 30.1 Å². The number of aromatic nitrogens is 4. The highest BCUT2D eigenvalue weighted by Gasteiger charge is 2.36. The van der Waals surface area contributed by atoms with Crippen molar-refractivity contribution in [2.24, 2.45) is 0 Å². The van der Waals surface area contributed by atoms with E-state index >= 15 is 4.39 Å². The van der Waals surface area contributed by atoms with Crippen molar-refractivity contribution in [2.45, 2.75) is 51.4 Å². The van der Waals surface area contributed by atoms with Crippen molar-refractivity contribution in [1.29, 1.82) is 0 Å². The fourth-order valence-corrected chi connectivity index (χ4v) is 4.71. The number of rotatable bonds is 8. The normalized spacial score (nSPS) is 17.5. The number of halogens is 2. The first-order chi connectivity index (χ1) is 18.5. The van der Waals surface area contributed by atoms with Crippen LogP contribution in [0.5, 0.6) is 0 Å². The Labute approximate surface area is 229 Å². The van der Waals surface area contributed by atoms with Crippen LogP contribution in [-0.4, -0.2) is 81.4 Å². The maximum absolute atomic E-state index is 15.5. The van der Waals surface area contributed by atoms with Gasteiger partial charge in [-0.05, 0) is 44.9 Å². The first-order valence-electron chi connectivity index (χ1n) is 12.3. The number of nitrogens with one attached hydrogen (secondary N) is 2. The van der Waals surface area contributed by atoms with Crippen molar-refractivity contribution in [3.63, 3.8) is 0 Å². The van der Waals surface area contributed by atoms with Crippen LogP contribution >= 0.6 is 11.6 Å². The number of aliphatic hydroxyl groups is 1. The molecule has 1 saturated heterocycles. The number of benzene rings is 1. The SMILES string of the molecule is COCCn1ncc2c(N3C[C@@H](NC(=O)OC(C)(C)C)C[C@H]3CO)c(NC(=O)c3ccnc(Cl)n3)cc(F)c21. The average Bonchev–Trinajstić information content (AvgIpc) is 3.46. The lowest BCUT2D eigenvalue weighted by atomic mass is 10.1. The van der Waals surface area contributed by atoms with Crippen molar-refractivity contribution in [1.82, 2.24) is 25.1 Å². The summed E-state index contributed by atoms with van der Waals surface area (Å²) in [7, 11) is 1.54. The number of amides is 2. The van der Waals surface area contributed by atoms with Crippen molar-refractivity contribution in [3.05, 3.63) is 41.3 Å². The second kappa shape index (κ2) is 11.7. The zero-order valence-electron chi connectivity index (χ0n) is 22.1. The van der Waals surface area contributed by atoms with Crippen LogP contribution in [0.25, 0.3) is 10.9 Å². The number of ether oxygens (including phenoxy) is 2. The van der Waals surface area contributed by atoms with E-state index in [1.54, 1.807) is 20.8 Å². The Hall–Kier alpha value is -3.55. The first-order valence-corrected chi connectivity index (χ1v) is 12.7. The second-order valence-corrected chi connectivity index (χ2v) is 10.4. The molecule has 4 rings (SSSR count). The van der Waals surface area contributed by atoms with E-state index in [1.165, 1.54) is 36.3 Å². The maximum Gasteiger partial charge on any atom is 0.407 e. The van der Waals surface area contributed by atoms with Crippen LogP contribution in [0.1, 0.15) is 37.7 Å². The summed E-state index contributed by atoms with van der Waals surface area (Å²) >= 11 is 5.85. The standard InChI is InChI=1S/C25H31ClFN7O5/c1-25(2,3)39-24(37)30-14-9-15(13-35)33(12-14)21-16-11-29-34(7-8-38-4)20(16)17(27)10-19(21)31-22(36)18-5-6-28-23(26)32-18/h5-6,10-11,14-15,35H,7-9,12-13H2,1-4H3,(H,30,37)(H,31,36)/t14-,15-/m0/s1. The van der Waals surface area contributed by atoms with Crippen molar-refractivity contribution in [3.8, 4) is 0 Å². The van der Waals surface area contributed by atoms with Crippen LogP contribution in [0.4, 0.5) is 20.6 Å². The number of nitrogens with zero attached hydrogens (tertiary/aromatic N) is 5. The zero-order chi connectivity index (χ0) is 28.3. The summed E-state index contributed by atoms with van der Waals surface area (Å²) in [5, 5.41) is 20.5. The highest BCUT2D eigenvalue weighted by molar-refractivity contribution is 6.28. The van der Waals surface area contributed by atoms with Crippen LogP contribution in [0.2, 0.25) is 5.28 Å². The molecule has 2 atom stereocenters. The van der Waals surface area contributed by atoms with Crippen LogP contribution in [0.15, 0.2) is 24.5 Å². The molecule has 0 aliphatic carbocycles. The van der Waals surface area contributed by atoms with Gasteiger partial charge in [-0.15, -0.1) is 0 Å². The van der Waals surface area contributed by atoms with Crippen LogP contribution in [0, 0.1) is 5.82 Å². The predicted molar refractivity (Wildman–Crippen MR) is 143 cm³/mol. The Bertz CT molecular complexity index is 1360. The molecule has 3 aromatic rings. The van der Waals surface area contributed by atoms with Gasteiger partial charge in [0.2, 0.25) is 5.28 Å². The van der Waals surface area contributed by atoms with E-state index in [4.69, 9.17) is 21.1 Å². The van der Waals surface area contributed by atoms with E-state index < -0.39 is 29.5 Å². The van der Waals surface area contributed by atoms with E-state index in [0.29, 0.717) is 30.6 Å². The Balaban J connectivity index is 1.74. The summed E-state index contributed by atoms with van der Waals surface area (Å²) in [5.41, 5.74) is 0.103. The topological polar surface area (TPSA) is 144 Å². The third kappa shape index (κ3) is 6.54. The molecule has 1 fully saturated rings. The minimum Gasteiger partial charge on any atom is -0.444 e. The number of anilines is 2. The molecular weight excluding hydrogens is 533 g/mol. The highest BCUT2D eigenvalue weighted by atomic mass is 35.5. The van der Waals surface area contributed by atoms with E-state index in [-0.39, 0.29) is 41.4 Å².